The van der Waals surface area contributed by atoms with Gasteiger partial charge < -0.3 is 4.74 Å². The van der Waals surface area contributed by atoms with Gasteiger partial charge in [0.15, 0.2) is 5.78 Å². The molecule has 0 aliphatic carbocycles. The summed E-state index contributed by atoms with van der Waals surface area (Å²) in [5, 5.41) is 1.21. The molecule has 0 saturated heterocycles. The number of nitrogens with zero attached hydrogens (tertiary/aromatic N) is 1. The molecule has 0 spiro atoms. The third-order valence-corrected chi connectivity index (χ3v) is 7.11. The van der Waals surface area contributed by atoms with Crippen LogP contribution in [0.25, 0.3) is 0 Å². The average Bonchev–Trinajstić information content (AvgIpc) is 2.87. The van der Waals surface area contributed by atoms with Crippen molar-refractivity contribution >= 4 is 39.9 Å². The number of aliphatic imine (C=N–C) groups is 1. The van der Waals surface area contributed by atoms with Crippen LogP contribution in [-0.4, -0.2) is 17.9 Å². The van der Waals surface area contributed by atoms with Crippen LogP contribution in [0.5, 0.6) is 5.75 Å². The molecule has 0 aromatic heterocycles. The van der Waals surface area contributed by atoms with E-state index < -0.39 is 5.41 Å². The molecule has 0 atom stereocenters. The second-order valence-electron chi connectivity index (χ2n) is 7.67. The summed E-state index contributed by atoms with van der Waals surface area (Å²) in [4.78, 5) is 20.4. The number of ether oxygens (including phenoxy) is 1. The number of methoxy groups -OCH3 is 1. The number of carbonyl (C=O) groups excluding carboxylic acids is 1. The molecule has 4 aromatic rings. The van der Waals surface area contributed by atoms with Crippen molar-refractivity contribution in [1.29, 1.82) is 0 Å². The number of hydrogen-bond acceptors (Lipinski definition) is 4. The highest BCUT2D eigenvalue weighted by atomic mass is 35.5. The van der Waals surface area contributed by atoms with Crippen molar-refractivity contribution in [3.05, 3.63) is 125 Å². The quantitative estimate of drug-likeness (QED) is 0.313. The summed E-state index contributed by atoms with van der Waals surface area (Å²) in [5.74, 6) is 0.738. The highest BCUT2D eigenvalue weighted by Crippen LogP contribution is 2.48. The van der Waals surface area contributed by atoms with E-state index in [1.54, 1.807) is 19.2 Å². The van der Waals surface area contributed by atoms with E-state index in [-0.39, 0.29) is 5.78 Å². The lowest BCUT2D eigenvalue weighted by Crippen LogP contribution is -2.45. The van der Waals surface area contributed by atoms with Crippen molar-refractivity contribution < 1.29 is 9.53 Å². The Hall–Kier alpha value is -3.34. The number of thioether (sulfide) groups is 1. The molecule has 33 heavy (non-hydrogen) atoms. The van der Waals surface area contributed by atoms with Crippen LogP contribution >= 0.6 is 23.4 Å². The molecule has 1 heterocycles. The smallest absolute Gasteiger partial charge is 0.186 e. The van der Waals surface area contributed by atoms with E-state index >= 15 is 0 Å². The summed E-state index contributed by atoms with van der Waals surface area (Å²) < 4.78 is 5.31. The number of carbonyl (C=O) groups is 1. The number of benzene rings is 4. The Morgan fingerprint density at radius 1 is 0.818 bits per heavy atom. The Balaban J connectivity index is 1.79. The SMILES string of the molecule is COc1ccc(SC2=Nc3ccc(Cl)cc3C(=O)C2(c2ccccc2)c2ccccc2)cc1. The lowest BCUT2D eigenvalue weighted by Gasteiger charge is -2.37. The number of fused-ring (bicyclic) bond motifs is 1. The van der Waals surface area contributed by atoms with Crippen LogP contribution in [-0.2, 0) is 5.41 Å². The minimum atomic E-state index is -1.09. The van der Waals surface area contributed by atoms with Gasteiger partial charge in [-0.2, -0.15) is 0 Å². The van der Waals surface area contributed by atoms with Crippen LogP contribution < -0.4 is 4.74 Å². The molecule has 0 N–H and O–H groups in total. The highest BCUT2D eigenvalue weighted by molar-refractivity contribution is 8.14. The predicted molar refractivity (Wildman–Crippen MR) is 135 cm³/mol. The van der Waals surface area contributed by atoms with Crippen molar-refractivity contribution in [2.24, 2.45) is 4.99 Å². The normalized spacial score (nSPS) is 14.4. The van der Waals surface area contributed by atoms with E-state index in [1.165, 1.54) is 11.8 Å². The number of ketones is 1. The third-order valence-electron chi connectivity index (χ3n) is 5.77. The predicted octanol–water partition coefficient (Wildman–Crippen LogP) is 7.35. The minimum absolute atomic E-state index is 0.0385. The maximum atomic E-state index is 14.4. The van der Waals surface area contributed by atoms with E-state index in [0.717, 1.165) is 21.8 Å². The molecule has 3 nitrogen and oxygen atoms in total. The Labute approximate surface area is 202 Å². The first-order valence-corrected chi connectivity index (χ1v) is 11.7. The van der Waals surface area contributed by atoms with Gasteiger partial charge in [0.05, 0.1) is 12.8 Å². The molecule has 0 unspecified atom stereocenters. The van der Waals surface area contributed by atoms with Crippen LogP contribution in [0.1, 0.15) is 21.5 Å². The molecule has 1 aliphatic rings. The summed E-state index contributed by atoms with van der Waals surface area (Å²) in [6.07, 6.45) is 0. The van der Waals surface area contributed by atoms with Crippen molar-refractivity contribution in [3.63, 3.8) is 0 Å². The topological polar surface area (TPSA) is 38.7 Å². The summed E-state index contributed by atoms with van der Waals surface area (Å²) >= 11 is 7.80. The van der Waals surface area contributed by atoms with Gasteiger partial charge in [-0.3, -0.25) is 4.79 Å². The van der Waals surface area contributed by atoms with Crippen LogP contribution in [0.2, 0.25) is 5.02 Å². The molecule has 5 heteroatoms. The van der Waals surface area contributed by atoms with E-state index in [2.05, 4.69) is 0 Å². The lowest BCUT2D eigenvalue weighted by molar-refractivity contribution is 0.0949. The number of rotatable bonds is 4. The molecule has 4 aromatic carbocycles. The van der Waals surface area contributed by atoms with Gasteiger partial charge in [0, 0.05) is 15.5 Å². The van der Waals surface area contributed by atoms with Crippen LogP contribution in [0.15, 0.2) is 113 Å². The summed E-state index contributed by atoms with van der Waals surface area (Å²) in [6.45, 7) is 0. The monoisotopic (exact) mass is 469 g/mol. The Morgan fingerprint density at radius 3 is 2.00 bits per heavy atom. The number of halogens is 1. The summed E-state index contributed by atoms with van der Waals surface area (Å²) in [5.41, 5.74) is 1.79. The third kappa shape index (κ3) is 3.75. The molecule has 1 aliphatic heterocycles. The molecular formula is C28H20ClNO2S. The van der Waals surface area contributed by atoms with E-state index in [0.29, 0.717) is 21.3 Å². The van der Waals surface area contributed by atoms with Gasteiger partial charge in [-0.05, 0) is 53.6 Å². The maximum Gasteiger partial charge on any atom is 0.186 e. The molecule has 0 saturated carbocycles. The van der Waals surface area contributed by atoms with Gasteiger partial charge in [0.25, 0.3) is 0 Å². The van der Waals surface area contributed by atoms with Crippen molar-refractivity contribution in [1.82, 2.24) is 0 Å². The fourth-order valence-electron chi connectivity index (χ4n) is 4.19. The maximum absolute atomic E-state index is 14.4. The van der Waals surface area contributed by atoms with Crippen molar-refractivity contribution in [3.8, 4) is 5.75 Å². The second-order valence-corrected chi connectivity index (χ2v) is 9.17. The summed E-state index contributed by atoms with van der Waals surface area (Å²) in [6, 6.07) is 32.8. The zero-order valence-electron chi connectivity index (χ0n) is 17.9. The number of Topliss-reactive ketones (excluding diaryl/α,β-unsaturated/α-hetero) is 1. The van der Waals surface area contributed by atoms with Gasteiger partial charge >= 0.3 is 0 Å². The fourth-order valence-corrected chi connectivity index (χ4v) is 5.48. The average molecular weight is 470 g/mol. The molecular weight excluding hydrogens is 450 g/mol. The van der Waals surface area contributed by atoms with Gasteiger partial charge in [0.2, 0.25) is 0 Å². The highest BCUT2D eigenvalue weighted by Gasteiger charge is 2.50. The van der Waals surface area contributed by atoms with Crippen molar-refractivity contribution in [2.75, 3.05) is 7.11 Å². The zero-order chi connectivity index (χ0) is 22.8. The number of hydrogen-bond donors (Lipinski definition) is 0. The molecule has 0 fully saturated rings. The molecule has 5 rings (SSSR count). The zero-order valence-corrected chi connectivity index (χ0v) is 19.4. The summed E-state index contributed by atoms with van der Waals surface area (Å²) in [7, 11) is 1.64. The second kappa shape index (κ2) is 8.89. The largest absolute Gasteiger partial charge is 0.497 e. The van der Waals surface area contributed by atoms with Crippen LogP contribution in [0, 0.1) is 0 Å². The standard InChI is InChI=1S/C28H20ClNO2S/c1-32-22-13-15-23(16-14-22)33-27-28(19-8-4-2-5-9-19,20-10-6-3-7-11-20)26(31)24-18-21(29)12-17-25(24)30-27/h2-18H,1H3. The Bertz CT molecular complexity index is 1300. The molecule has 0 radical (unpaired) electrons. The Kier molecular flexibility index (Phi) is 5.79. The van der Waals surface area contributed by atoms with Gasteiger partial charge in [-0.15, -0.1) is 0 Å². The van der Waals surface area contributed by atoms with E-state index in [9.17, 15) is 4.79 Å². The van der Waals surface area contributed by atoms with Crippen molar-refractivity contribution in [2.45, 2.75) is 10.3 Å². The van der Waals surface area contributed by atoms with Gasteiger partial charge in [-0.25, -0.2) is 4.99 Å². The first-order chi connectivity index (χ1) is 16.1. The van der Waals surface area contributed by atoms with Gasteiger partial charge in [0.1, 0.15) is 16.2 Å². The molecule has 162 valence electrons. The first kappa shape index (κ1) is 21.5. The van der Waals surface area contributed by atoms with E-state index in [4.69, 9.17) is 21.3 Å². The lowest BCUT2D eigenvalue weighted by atomic mass is 9.68. The Morgan fingerprint density at radius 2 is 1.42 bits per heavy atom. The molecule has 0 amide bonds. The van der Waals surface area contributed by atoms with Gasteiger partial charge in [-0.1, -0.05) is 84.0 Å². The van der Waals surface area contributed by atoms with Crippen LogP contribution in [0.3, 0.4) is 0 Å². The van der Waals surface area contributed by atoms with E-state index in [1.807, 2.05) is 91.0 Å². The fraction of sp³-hybridized carbons (Fsp3) is 0.0714. The first-order valence-electron chi connectivity index (χ1n) is 10.5. The minimum Gasteiger partial charge on any atom is -0.497 e. The van der Waals surface area contributed by atoms with Crippen LogP contribution in [0.4, 0.5) is 5.69 Å². The molecule has 0 bridgehead atoms.